The van der Waals surface area contributed by atoms with Crippen LogP contribution in [0, 0.1) is 0 Å². The van der Waals surface area contributed by atoms with Crippen molar-refractivity contribution in [2.24, 2.45) is 0 Å². The van der Waals surface area contributed by atoms with E-state index in [-0.39, 0.29) is 15.7 Å². The number of carbonyl (C=O) groups is 2. The molecule has 0 aliphatic heterocycles. The zero-order valence-electron chi connectivity index (χ0n) is 10.5. The predicted molar refractivity (Wildman–Crippen MR) is 76.4 cm³/mol. The number of halogens is 2. The van der Waals surface area contributed by atoms with Crippen molar-refractivity contribution in [1.82, 2.24) is 0 Å². The standard InChI is InChI=1S/C11H11Cl2NO5S/c1-5(20(2,18)19)10(15)14-9-7(13)4-3-6(12)8(9)11(16)17/h3-5H,1-2H3,(H,14,15)(H,16,17). The Morgan fingerprint density at radius 2 is 1.75 bits per heavy atom. The maximum Gasteiger partial charge on any atom is 0.339 e. The lowest BCUT2D eigenvalue weighted by Crippen LogP contribution is -2.32. The minimum Gasteiger partial charge on any atom is -0.478 e. The quantitative estimate of drug-likeness (QED) is 0.874. The molecule has 1 atom stereocenters. The first kappa shape index (κ1) is 16.7. The highest BCUT2D eigenvalue weighted by molar-refractivity contribution is 7.92. The second kappa shape index (κ2) is 5.99. The van der Waals surface area contributed by atoms with Crippen LogP contribution in [-0.4, -0.2) is 36.9 Å². The predicted octanol–water partition coefficient (Wildman–Crippen LogP) is 2.06. The van der Waals surface area contributed by atoms with Crippen LogP contribution >= 0.6 is 23.2 Å². The number of benzene rings is 1. The van der Waals surface area contributed by atoms with Gasteiger partial charge in [-0.3, -0.25) is 4.79 Å². The fourth-order valence-corrected chi connectivity index (χ4v) is 2.19. The molecule has 0 aliphatic carbocycles. The van der Waals surface area contributed by atoms with Crippen molar-refractivity contribution in [3.8, 4) is 0 Å². The second-order valence-corrected chi connectivity index (χ2v) is 7.23. The number of hydrogen-bond donors (Lipinski definition) is 2. The Kier molecular flexibility index (Phi) is 5.01. The lowest BCUT2D eigenvalue weighted by Gasteiger charge is -2.14. The van der Waals surface area contributed by atoms with E-state index in [1.807, 2.05) is 0 Å². The van der Waals surface area contributed by atoms with Crippen LogP contribution in [0.5, 0.6) is 0 Å². The highest BCUT2D eigenvalue weighted by Gasteiger charge is 2.26. The third-order valence-electron chi connectivity index (χ3n) is 2.58. The average molecular weight is 340 g/mol. The summed E-state index contributed by atoms with van der Waals surface area (Å²) in [6.07, 6.45) is 0.898. The van der Waals surface area contributed by atoms with Gasteiger partial charge in [-0.1, -0.05) is 23.2 Å². The Hall–Kier alpha value is -1.31. The number of carbonyl (C=O) groups excluding carboxylic acids is 1. The lowest BCUT2D eigenvalue weighted by atomic mass is 10.1. The number of sulfone groups is 1. The Morgan fingerprint density at radius 1 is 1.25 bits per heavy atom. The van der Waals surface area contributed by atoms with Crippen LogP contribution in [0.25, 0.3) is 0 Å². The summed E-state index contributed by atoms with van der Waals surface area (Å²) >= 11 is 11.6. The Morgan fingerprint density at radius 3 is 2.20 bits per heavy atom. The fraction of sp³-hybridized carbons (Fsp3) is 0.273. The van der Waals surface area contributed by atoms with E-state index in [2.05, 4.69) is 5.32 Å². The first-order chi connectivity index (χ1) is 9.05. The minimum absolute atomic E-state index is 0.0548. The molecule has 0 spiro atoms. The summed E-state index contributed by atoms with van der Waals surface area (Å²) in [6.45, 7) is 1.18. The number of aromatic carboxylic acids is 1. The summed E-state index contributed by atoms with van der Waals surface area (Å²) in [5.41, 5.74) is -0.625. The van der Waals surface area contributed by atoms with Gasteiger partial charge in [0.2, 0.25) is 5.91 Å². The number of amides is 1. The molecule has 0 saturated heterocycles. The number of rotatable bonds is 4. The Bertz CT molecular complexity index is 672. The first-order valence-electron chi connectivity index (χ1n) is 5.26. The van der Waals surface area contributed by atoms with Crippen LogP contribution in [0.2, 0.25) is 10.0 Å². The summed E-state index contributed by atoms with van der Waals surface area (Å²) in [5.74, 6) is -2.28. The van der Waals surface area contributed by atoms with Crippen molar-refractivity contribution < 1.29 is 23.1 Å². The molecular formula is C11H11Cl2NO5S. The van der Waals surface area contributed by atoms with E-state index in [1.54, 1.807) is 0 Å². The second-order valence-electron chi connectivity index (χ2n) is 4.05. The van der Waals surface area contributed by atoms with Crippen molar-refractivity contribution in [3.05, 3.63) is 27.7 Å². The van der Waals surface area contributed by atoms with Gasteiger partial charge in [0.05, 0.1) is 15.7 Å². The van der Waals surface area contributed by atoms with E-state index in [1.165, 1.54) is 19.1 Å². The van der Waals surface area contributed by atoms with Gasteiger partial charge in [0.15, 0.2) is 9.84 Å². The van der Waals surface area contributed by atoms with Crippen LogP contribution in [-0.2, 0) is 14.6 Å². The monoisotopic (exact) mass is 339 g/mol. The summed E-state index contributed by atoms with van der Waals surface area (Å²) in [5, 5.41) is 9.74. The molecule has 0 saturated carbocycles. The van der Waals surface area contributed by atoms with Crippen molar-refractivity contribution in [3.63, 3.8) is 0 Å². The molecule has 0 aliphatic rings. The molecule has 0 bridgehead atoms. The molecule has 110 valence electrons. The number of carboxylic acids is 1. The zero-order chi connectivity index (χ0) is 15.7. The van der Waals surface area contributed by atoms with Gasteiger partial charge in [0, 0.05) is 6.26 Å². The molecule has 1 aromatic rings. The summed E-state index contributed by atoms with van der Waals surface area (Å²) < 4.78 is 22.6. The van der Waals surface area contributed by atoms with Gasteiger partial charge in [-0.2, -0.15) is 0 Å². The molecule has 0 radical (unpaired) electrons. The van der Waals surface area contributed by atoms with E-state index in [0.29, 0.717) is 0 Å². The third-order valence-corrected chi connectivity index (χ3v) is 4.71. The largest absolute Gasteiger partial charge is 0.478 e. The van der Waals surface area contributed by atoms with E-state index in [4.69, 9.17) is 28.3 Å². The molecule has 6 nitrogen and oxygen atoms in total. The third kappa shape index (κ3) is 3.62. The zero-order valence-corrected chi connectivity index (χ0v) is 12.8. The molecule has 1 aromatic carbocycles. The topological polar surface area (TPSA) is 101 Å². The average Bonchev–Trinajstić information content (AvgIpc) is 2.31. The van der Waals surface area contributed by atoms with Gasteiger partial charge in [0.1, 0.15) is 10.8 Å². The molecule has 1 unspecified atom stereocenters. The maximum atomic E-state index is 11.8. The molecule has 0 fully saturated rings. The van der Waals surface area contributed by atoms with Gasteiger partial charge < -0.3 is 10.4 Å². The highest BCUT2D eigenvalue weighted by Crippen LogP contribution is 2.32. The molecule has 20 heavy (non-hydrogen) atoms. The van der Waals surface area contributed by atoms with Crippen molar-refractivity contribution in [1.29, 1.82) is 0 Å². The van der Waals surface area contributed by atoms with Crippen LogP contribution in [0.3, 0.4) is 0 Å². The molecule has 1 rings (SSSR count). The molecular weight excluding hydrogens is 329 g/mol. The van der Waals surface area contributed by atoms with E-state index in [9.17, 15) is 18.0 Å². The van der Waals surface area contributed by atoms with Gasteiger partial charge >= 0.3 is 5.97 Å². The van der Waals surface area contributed by atoms with Crippen molar-refractivity contribution >= 4 is 50.6 Å². The van der Waals surface area contributed by atoms with Crippen molar-refractivity contribution in [2.45, 2.75) is 12.2 Å². The SMILES string of the molecule is CC(C(=O)Nc1c(Cl)ccc(Cl)c1C(=O)O)S(C)(=O)=O. The first-order valence-corrected chi connectivity index (χ1v) is 7.97. The smallest absolute Gasteiger partial charge is 0.339 e. The Labute approximate surface area is 125 Å². The number of hydrogen-bond acceptors (Lipinski definition) is 4. The molecule has 0 heterocycles. The summed E-state index contributed by atoms with van der Waals surface area (Å²) in [6, 6.07) is 2.57. The number of anilines is 1. The van der Waals surface area contributed by atoms with Crippen LogP contribution in [0.4, 0.5) is 5.69 Å². The fourth-order valence-electron chi connectivity index (χ4n) is 1.30. The highest BCUT2D eigenvalue weighted by atomic mass is 35.5. The van der Waals surface area contributed by atoms with E-state index < -0.39 is 32.5 Å². The lowest BCUT2D eigenvalue weighted by molar-refractivity contribution is -0.115. The number of carboxylic acid groups (broad SMARTS) is 1. The van der Waals surface area contributed by atoms with Gasteiger partial charge in [0.25, 0.3) is 0 Å². The number of nitrogens with one attached hydrogen (secondary N) is 1. The summed E-state index contributed by atoms with van der Waals surface area (Å²) in [4.78, 5) is 22.9. The van der Waals surface area contributed by atoms with Gasteiger partial charge in [-0.25, -0.2) is 13.2 Å². The van der Waals surface area contributed by atoms with Gasteiger partial charge in [-0.05, 0) is 19.1 Å². The van der Waals surface area contributed by atoms with E-state index >= 15 is 0 Å². The van der Waals surface area contributed by atoms with Crippen LogP contribution < -0.4 is 5.32 Å². The van der Waals surface area contributed by atoms with E-state index in [0.717, 1.165) is 6.26 Å². The molecule has 0 aromatic heterocycles. The van der Waals surface area contributed by atoms with Crippen molar-refractivity contribution in [2.75, 3.05) is 11.6 Å². The molecule has 1 amide bonds. The molecule has 9 heteroatoms. The summed E-state index contributed by atoms with van der Waals surface area (Å²) in [7, 11) is -3.61. The normalized spacial score (nSPS) is 12.8. The Balaban J connectivity index is 3.26. The van der Waals surface area contributed by atoms with Gasteiger partial charge in [-0.15, -0.1) is 0 Å². The maximum absolute atomic E-state index is 11.8. The van der Waals surface area contributed by atoms with Crippen LogP contribution in [0.15, 0.2) is 12.1 Å². The van der Waals surface area contributed by atoms with Crippen LogP contribution in [0.1, 0.15) is 17.3 Å². The minimum atomic E-state index is -3.61. The molecule has 2 N–H and O–H groups in total.